The molecular formula is C12H36SiSn4. The molecular weight excluding hydrogens is 647 g/mol. The van der Waals surface area contributed by atoms with Crippen LogP contribution in [0.25, 0.3) is 0 Å². The molecule has 0 aliphatic carbocycles. The topological polar surface area (TPSA) is 0 Å². The molecule has 0 saturated heterocycles. The van der Waals surface area contributed by atoms with Gasteiger partial charge in [-0.05, 0) is 0 Å². The molecule has 0 aliphatic heterocycles. The summed E-state index contributed by atoms with van der Waals surface area (Å²) in [4.78, 5) is 28.4. The van der Waals surface area contributed by atoms with Crippen molar-refractivity contribution in [2.24, 2.45) is 0 Å². The molecule has 104 valence electrons. The van der Waals surface area contributed by atoms with Gasteiger partial charge in [-0.15, -0.1) is 0 Å². The zero-order valence-electron chi connectivity index (χ0n) is 14.5. The summed E-state index contributed by atoms with van der Waals surface area (Å²) in [5.74, 6) is 0. The van der Waals surface area contributed by atoms with Gasteiger partial charge >= 0.3 is 138 Å². The van der Waals surface area contributed by atoms with E-state index in [0.717, 1.165) is 0 Å². The Morgan fingerprint density at radius 1 is 0.294 bits per heavy atom. The van der Waals surface area contributed by atoms with Crippen LogP contribution in [0.5, 0.6) is 0 Å². The Labute approximate surface area is 146 Å². The second-order valence-corrected chi connectivity index (χ2v) is 40.2. The van der Waals surface area contributed by atoms with Gasteiger partial charge in [0, 0.05) is 11.0 Å². The summed E-state index contributed by atoms with van der Waals surface area (Å²) >= 11 is -2.17. The third kappa shape index (κ3) is 506. The summed E-state index contributed by atoms with van der Waals surface area (Å²) in [5, 5.41) is 0. The summed E-state index contributed by atoms with van der Waals surface area (Å²) in [6.45, 7) is 0. The van der Waals surface area contributed by atoms with Gasteiger partial charge in [-0.1, -0.05) is 0 Å². The van der Waals surface area contributed by atoms with Crippen molar-refractivity contribution in [3.8, 4) is 0 Å². The Morgan fingerprint density at radius 3 is 0.294 bits per heavy atom. The van der Waals surface area contributed by atoms with Gasteiger partial charge in [0.1, 0.15) is 0 Å². The van der Waals surface area contributed by atoms with E-state index >= 15 is 0 Å². The van der Waals surface area contributed by atoms with E-state index in [1.807, 2.05) is 0 Å². The zero-order valence-corrected chi connectivity index (χ0v) is 26.9. The van der Waals surface area contributed by atoms with Crippen LogP contribution in [0.3, 0.4) is 0 Å². The first-order valence-electron chi connectivity index (χ1n) is 6.00. The average Bonchev–Trinajstić information content (AvgIpc) is 1.76. The van der Waals surface area contributed by atoms with E-state index in [-0.39, 0.29) is 11.0 Å². The summed E-state index contributed by atoms with van der Waals surface area (Å²) in [7, 11) is 0. The van der Waals surface area contributed by atoms with Gasteiger partial charge in [-0.25, -0.2) is 0 Å². The van der Waals surface area contributed by atoms with E-state index in [4.69, 9.17) is 0 Å². The van der Waals surface area contributed by atoms with Gasteiger partial charge in [-0.3, -0.25) is 0 Å². The quantitative estimate of drug-likeness (QED) is 0.312. The Bertz CT molecular complexity index is 61.5. The Balaban J connectivity index is -0.0000000369. The molecule has 0 aromatic rings. The van der Waals surface area contributed by atoms with Crippen LogP contribution in [-0.4, -0.2) is 90.0 Å². The van der Waals surface area contributed by atoms with E-state index < -0.39 is 79.0 Å². The maximum atomic E-state index is 2.36. The van der Waals surface area contributed by atoms with Crippen LogP contribution < -0.4 is 0 Å². The van der Waals surface area contributed by atoms with Crippen molar-refractivity contribution >= 4 is 90.0 Å². The van der Waals surface area contributed by atoms with Crippen molar-refractivity contribution in [1.82, 2.24) is 0 Å². The third-order valence-corrected chi connectivity index (χ3v) is 0. The van der Waals surface area contributed by atoms with Crippen LogP contribution in [0, 0.1) is 0 Å². The smallest absolute Gasteiger partial charge is 0 e. The number of rotatable bonds is 0. The molecule has 0 amide bonds. The molecule has 17 heavy (non-hydrogen) atoms. The minimum absolute atomic E-state index is 0. The second-order valence-electron chi connectivity index (χ2n) is 6.00. The summed E-state index contributed by atoms with van der Waals surface area (Å²) < 4.78 is 0. The second kappa shape index (κ2) is 27.7. The van der Waals surface area contributed by atoms with Crippen LogP contribution >= 0.6 is 0 Å². The fraction of sp³-hybridized carbons (Fsp3) is 1.00. The van der Waals surface area contributed by atoms with E-state index in [1.54, 1.807) is 0 Å². The molecule has 0 aliphatic rings. The number of hydrogen-bond acceptors (Lipinski definition) is 0. The maximum Gasteiger partial charge on any atom is 0 e. The first kappa shape index (κ1) is 32.4. The molecule has 0 heterocycles. The largest absolute Gasteiger partial charge is 0 e. The summed E-state index contributed by atoms with van der Waals surface area (Å²) in [6.07, 6.45) is 0. The molecule has 0 nitrogen and oxygen atoms in total. The van der Waals surface area contributed by atoms with Crippen molar-refractivity contribution in [1.29, 1.82) is 0 Å². The van der Waals surface area contributed by atoms with Crippen LogP contribution in [-0.2, 0) is 0 Å². The molecule has 5 heteroatoms. The molecule has 8 radical (unpaired) electrons. The zero-order chi connectivity index (χ0) is 14.3. The van der Waals surface area contributed by atoms with Crippen molar-refractivity contribution in [3.05, 3.63) is 0 Å². The van der Waals surface area contributed by atoms with E-state index in [9.17, 15) is 0 Å². The molecule has 0 aromatic heterocycles. The van der Waals surface area contributed by atoms with Gasteiger partial charge in [0.05, 0.1) is 0 Å². The first-order chi connectivity index (χ1) is 6.93. The van der Waals surface area contributed by atoms with Crippen molar-refractivity contribution in [3.63, 3.8) is 0 Å². The van der Waals surface area contributed by atoms with Crippen LogP contribution in [0.2, 0.25) is 59.3 Å². The fourth-order valence-corrected chi connectivity index (χ4v) is 0. The standard InChI is InChI=1S/12CH3.Si.4Sn/h12*1H3;;;;;. The Kier molecular flexibility index (Phi) is 52.8. The molecule has 0 atom stereocenters. The normalized spacial score (nSPS) is 8.47. The van der Waals surface area contributed by atoms with Gasteiger partial charge < -0.3 is 0 Å². The van der Waals surface area contributed by atoms with E-state index in [2.05, 4.69) is 59.3 Å². The molecule has 0 aromatic carbocycles. The van der Waals surface area contributed by atoms with E-state index in [0.29, 0.717) is 0 Å². The van der Waals surface area contributed by atoms with Gasteiger partial charge in [-0.2, -0.15) is 0 Å². The molecule has 0 unspecified atom stereocenters. The predicted molar refractivity (Wildman–Crippen MR) is 99.1 cm³/mol. The molecule has 0 rings (SSSR count). The predicted octanol–water partition coefficient (Wildman–Crippen LogP) is 5.10. The fourth-order valence-electron chi connectivity index (χ4n) is 0. The van der Waals surface area contributed by atoms with Gasteiger partial charge in [0.2, 0.25) is 0 Å². The maximum absolute atomic E-state index is 2.36. The molecule has 0 bridgehead atoms. The van der Waals surface area contributed by atoms with Crippen LogP contribution in [0.4, 0.5) is 0 Å². The minimum Gasteiger partial charge on any atom is 0 e. The SMILES string of the molecule is [CH3][Sn]([CH3])[CH3].[CH3][Sn]([CH3])[CH3].[CH3][Sn]([CH3])[CH3].[CH3][Sn]([CH3])[CH3].[Si]. The third-order valence-electron chi connectivity index (χ3n) is 0. The molecule has 0 fully saturated rings. The van der Waals surface area contributed by atoms with Crippen molar-refractivity contribution in [2.45, 2.75) is 59.3 Å². The monoisotopic (exact) mass is 688 g/mol. The van der Waals surface area contributed by atoms with E-state index in [1.165, 1.54) is 0 Å². The Hall–Kier alpha value is 3.41. The average molecular weight is 683 g/mol. The molecule has 0 spiro atoms. The summed E-state index contributed by atoms with van der Waals surface area (Å²) in [6, 6.07) is 0. The molecule has 0 saturated carbocycles. The minimum atomic E-state index is -0.543. The van der Waals surface area contributed by atoms with Crippen LogP contribution in [0.1, 0.15) is 0 Å². The van der Waals surface area contributed by atoms with Crippen molar-refractivity contribution < 1.29 is 0 Å². The van der Waals surface area contributed by atoms with Crippen molar-refractivity contribution in [2.75, 3.05) is 0 Å². The first-order valence-corrected chi connectivity index (χ1v) is 40.2. The number of hydrogen-bond donors (Lipinski definition) is 0. The van der Waals surface area contributed by atoms with Gasteiger partial charge in [0.15, 0.2) is 0 Å². The molecule has 0 N–H and O–H groups in total. The van der Waals surface area contributed by atoms with Crippen LogP contribution in [0.15, 0.2) is 0 Å². The van der Waals surface area contributed by atoms with Gasteiger partial charge in [0.25, 0.3) is 0 Å². The Morgan fingerprint density at radius 2 is 0.294 bits per heavy atom. The summed E-state index contributed by atoms with van der Waals surface area (Å²) in [5.41, 5.74) is 0.